The van der Waals surface area contributed by atoms with Gasteiger partial charge >= 0.3 is 12.1 Å². The Bertz CT molecular complexity index is 677. The van der Waals surface area contributed by atoms with Gasteiger partial charge in [0, 0.05) is 38.6 Å². The number of hydrogen-bond donors (Lipinski definition) is 0. The molecule has 0 bridgehead atoms. The number of methoxy groups -OCH3 is 1. The second kappa shape index (κ2) is 9.91. The van der Waals surface area contributed by atoms with Gasteiger partial charge in [0.15, 0.2) is 0 Å². The Balaban J connectivity index is 1.70. The first-order valence-electron chi connectivity index (χ1n) is 10.1. The zero-order valence-corrected chi connectivity index (χ0v) is 16.8. The summed E-state index contributed by atoms with van der Waals surface area (Å²) in [5.74, 6) is -0.0377. The number of likely N-dealkylation sites (tertiary alicyclic amines) is 1. The Morgan fingerprint density at radius 1 is 1.21 bits per heavy atom. The number of carbonyl (C=O) groups excluding carboxylic acids is 1. The van der Waals surface area contributed by atoms with Crippen LogP contribution in [0.15, 0.2) is 24.3 Å². The zero-order chi connectivity index (χ0) is 20.9. The minimum Gasteiger partial charge on any atom is -0.469 e. The maximum Gasteiger partial charge on any atom is 0.416 e. The van der Waals surface area contributed by atoms with E-state index in [1.54, 1.807) is 12.1 Å². The summed E-state index contributed by atoms with van der Waals surface area (Å²) in [5, 5.41) is 0. The predicted octanol–water partition coefficient (Wildman–Crippen LogP) is 3.18. The Kier molecular flexibility index (Phi) is 7.54. The van der Waals surface area contributed by atoms with Gasteiger partial charge in [-0.05, 0) is 36.9 Å². The van der Waals surface area contributed by atoms with Crippen molar-refractivity contribution in [3.8, 4) is 0 Å². The van der Waals surface area contributed by atoms with Crippen molar-refractivity contribution in [1.82, 2.24) is 9.80 Å². The first-order chi connectivity index (χ1) is 13.9. The van der Waals surface area contributed by atoms with Crippen LogP contribution in [0.2, 0.25) is 0 Å². The van der Waals surface area contributed by atoms with Crippen LogP contribution < -0.4 is 0 Å². The van der Waals surface area contributed by atoms with Crippen LogP contribution in [0.5, 0.6) is 0 Å². The Labute approximate surface area is 169 Å². The molecule has 1 aromatic carbocycles. The normalized spacial score (nSPS) is 24.4. The molecular weight excluding hydrogens is 385 g/mol. The fourth-order valence-electron chi connectivity index (χ4n) is 4.49. The first-order valence-corrected chi connectivity index (χ1v) is 10.1. The molecule has 2 aliphatic heterocycles. The molecule has 162 valence electrons. The number of benzene rings is 1. The third kappa shape index (κ3) is 5.93. The lowest BCUT2D eigenvalue weighted by Gasteiger charge is -2.45. The van der Waals surface area contributed by atoms with E-state index in [1.165, 1.54) is 13.2 Å². The number of piperidine rings is 1. The quantitative estimate of drug-likeness (QED) is 0.669. The number of hydrogen-bond acceptors (Lipinski definition) is 5. The summed E-state index contributed by atoms with van der Waals surface area (Å²) >= 11 is 0. The van der Waals surface area contributed by atoms with E-state index in [4.69, 9.17) is 9.47 Å². The van der Waals surface area contributed by atoms with Crippen LogP contribution in [0.4, 0.5) is 13.2 Å². The second-order valence-electron chi connectivity index (χ2n) is 7.77. The van der Waals surface area contributed by atoms with E-state index in [0.29, 0.717) is 44.2 Å². The van der Waals surface area contributed by atoms with Crippen LogP contribution in [0, 0.1) is 5.92 Å². The minimum atomic E-state index is -4.35. The van der Waals surface area contributed by atoms with E-state index in [0.717, 1.165) is 32.1 Å². The molecule has 0 amide bonds. The summed E-state index contributed by atoms with van der Waals surface area (Å²) in [6.45, 7) is 4.78. The fraction of sp³-hybridized carbons (Fsp3) is 0.667. The van der Waals surface area contributed by atoms with Gasteiger partial charge < -0.3 is 9.47 Å². The number of halogens is 3. The molecule has 2 aliphatic rings. The average Bonchev–Trinajstić information content (AvgIpc) is 2.72. The predicted molar refractivity (Wildman–Crippen MR) is 102 cm³/mol. The van der Waals surface area contributed by atoms with E-state index in [9.17, 15) is 18.0 Å². The van der Waals surface area contributed by atoms with Crippen molar-refractivity contribution in [3.63, 3.8) is 0 Å². The molecule has 3 rings (SSSR count). The van der Waals surface area contributed by atoms with Crippen LogP contribution in [-0.2, 0) is 27.0 Å². The van der Waals surface area contributed by atoms with Crippen molar-refractivity contribution >= 4 is 5.97 Å². The number of esters is 1. The van der Waals surface area contributed by atoms with Crippen molar-refractivity contribution in [1.29, 1.82) is 0 Å². The number of ether oxygens (including phenoxy) is 2. The molecule has 5 nitrogen and oxygen atoms in total. The Morgan fingerprint density at radius 2 is 1.93 bits per heavy atom. The van der Waals surface area contributed by atoms with Gasteiger partial charge in [-0.2, -0.15) is 13.2 Å². The lowest BCUT2D eigenvalue weighted by atomic mass is 9.86. The van der Waals surface area contributed by atoms with Crippen molar-refractivity contribution in [2.75, 3.05) is 46.5 Å². The van der Waals surface area contributed by atoms with Gasteiger partial charge in [-0.25, -0.2) is 0 Å². The molecule has 29 heavy (non-hydrogen) atoms. The highest BCUT2D eigenvalue weighted by atomic mass is 19.4. The van der Waals surface area contributed by atoms with E-state index in [1.807, 2.05) is 0 Å². The van der Waals surface area contributed by atoms with E-state index >= 15 is 0 Å². The largest absolute Gasteiger partial charge is 0.469 e. The zero-order valence-electron chi connectivity index (χ0n) is 16.8. The van der Waals surface area contributed by atoms with Gasteiger partial charge in [0.1, 0.15) is 0 Å². The van der Waals surface area contributed by atoms with Gasteiger partial charge in [-0.15, -0.1) is 0 Å². The molecule has 0 saturated carbocycles. The lowest BCUT2D eigenvalue weighted by molar-refractivity contribution is -0.141. The molecular formula is C21H29F3N2O3. The molecule has 0 aliphatic carbocycles. The number of alkyl halides is 3. The average molecular weight is 414 g/mol. The molecule has 0 N–H and O–H groups in total. The Hall–Kier alpha value is -1.64. The number of nitrogens with zero attached hydrogens (tertiary/aromatic N) is 2. The van der Waals surface area contributed by atoms with Crippen LogP contribution in [-0.4, -0.2) is 68.3 Å². The van der Waals surface area contributed by atoms with Crippen molar-refractivity contribution in [3.05, 3.63) is 35.4 Å². The minimum absolute atomic E-state index is 0.207. The first kappa shape index (κ1) is 22.1. The summed E-state index contributed by atoms with van der Waals surface area (Å²) in [6, 6.07) is 6.10. The van der Waals surface area contributed by atoms with Crippen LogP contribution in [0.25, 0.3) is 0 Å². The maximum absolute atomic E-state index is 13.3. The maximum atomic E-state index is 13.3. The highest BCUT2D eigenvalue weighted by Gasteiger charge is 2.36. The topological polar surface area (TPSA) is 42.0 Å². The smallest absolute Gasteiger partial charge is 0.416 e. The van der Waals surface area contributed by atoms with Gasteiger partial charge in [0.2, 0.25) is 0 Å². The molecule has 8 heteroatoms. The highest BCUT2D eigenvalue weighted by molar-refractivity contribution is 5.69. The molecule has 2 fully saturated rings. The van der Waals surface area contributed by atoms with Crippen molar-refractivity contribution < 1.29 is 27.4 Å². The highest BCUT2D eigenvalue weighted by Crippen LogP contribution is 2.34. The van der Waals surface area contributed by atoms with Gasteiger partial charge in [0.05, 0.1) is 25.9 Å². The number of carbonyl (C=O) groups is 1. The SMILES string of the molecule is COC(=O)CC[C@H]1CN(Cc2ccccc2C(F)(F)F)CC[C@H]1N1CCOCC1. The standard InChI is InChI=1S/C21H29F3N2O3/c1-28-20(27)7-6-17-15-25(9-8-19(17)26-10-12-29-13-11-26)14-16-4-2-3-5-18(16)21(22,23)24/h2-5,17,19H,6-15H2,1H3/t17-,19+/m0/s1. The number of morpholine rings is 1. The molecule has 2 heterocycles. The molecule has 2 saturated heterocycles. The molecule has 0 radical (unpaired) electrons. The van der Waals surface area contributed by atoms with Crippen LogP contribution in [0.1, 0.15) is 30.4 Å². The monoisotopic (exact) mass is 414 g/mol. The summed E-state index contributed by atoms with van der Waals surface area (Å²) in [5.41, 5.74) is -0.266. The molecule has 2 atom stereocenters. The van der Waals surface area contributed by atoms with Crippen molar-refractivity contribution in [2.24, 2.45) is 5.92 Å². The van der Waals surface area contributed by atoms with Crippen molar-refractivity contribution in [2.45, 2.75) is 38.0 Å². The lowest BCUT2D eigenvalue weighted by Crippen LogP contribution is -2.53. The molecule has 1 aromatic rings. The second-order valence-corrected chi connectivity index (χ2v) is 7.77. The van der Waals surface area contributed by atoms with Gasteiger partial charge in [-0.1, -0.05) is 18.2 Å². The fourth-order valence-corrected chi connectivity index (χ4v) is 4.49. The third-order valence-electron chi connectivity index (χ3n) is 5.96. The summed E-state index contributed by atoms with van der Waals surface area (Å²) in [4.78, 5) is 16.2. The van der Waals surface area contributed by atoms with Gasteiger partial charge in [0.25, 0.3) is 0 Å². The summed E-state index contributed by atoms with van der Waals surface area (Å²) in [6.07, 6.45) is -2.48. The van der Waals surface area contributed by atoms with E-state index < -0.39 is 11.7 Å². The molecule has 0 aromatic heterocycles. The number of rotatable bonds is 6. The van der Waals surface area contributed by atoms with E-state index in [2.05, 4.69) is 9.80 Å². The summed E-state index contributed by atoms with van der Waals surface area (Å²) in [7, 11) is 1.38. The molecule has 0 unspecified atom stereocenters. The van der Waals surface area contributed by atoms with Crippen LogP contribution >= 0.6 is 0 Å². The van der Waals surface area contributed by atoms with E-state index in [-0.39, 0.29) is 18.4 Å². The Morgan fingerprint density at radius 3 is 2.62 bits per heavy atom. The van der Waals surface area contributed by atoms with Gasteiger partial charge in [-0.3, -0.25) is 14.6 Å². The summed E-state index contributed by atoms with van der Waals surface area (Å²) < 4.78 is 50.3. The molecule has 0 spiro atoms. The van der Waals surface area contributed by atoms with Crippen LogP contribution in [0.3, 0.4) is 0 Å². The third-order valence-corrected chi connectivity index (χ3v) is 5.96.